The van der Waals surface area contributed by atoms with Crippen LogP contribution in [0.4, 0.5) is 11.4 Å². The van der Waals surface area contributed by atoms with Crippen LogP contribution < -0.4 is 10.6 Å². The largest absolute Gasteiger partial charge is 0.372 e. The van der Waals surface area contributed by atoms with Crippen molar-refractivity contribution in [1.82, 2.24) is 0 Å². The lowest BCUT2D eigenvalue weighted by molar-refractivity contribution is -0.116. The van der Waals surface area contributed by atoms with Crippen LogP contribution in [-0.2, 0) is 4.79 Å². The minimum absolute atomic E-state index is 0.165. The lowest BCUT2D eigenvalue weighted by atomic mass is 9.78. The van der Waals surface area contributed by atoms with Gasteiger partial charge in [0.2, 0.25) is 0 Å². The molecule has 0 saturated heterocycles. The molecule has 3 aromatic carbocycles. The van der Waals surface area contributed by atoms with Crippen molar-refractivity contribution in [1.29, 1.82) is 0 Å². The molecule has 1 aliphatic carbocycles. The summed E-state index contributed by atoms with van der Waals surface area (Å²) < 4.78 is 0. The van der Waals surface area contributed by atoms with Crippen LogP contribution in [0.2, 0.25) is 5.02 Å². The molecule has 0 fully saturated rings. The van der Waals surface area contributed by atoms with Gasteiger partial charge >= 0.3 is 0 Å². The van der Waals surface area contributed by atoms with E-state index in [1.807, 2.05) is 66.7 Å². The molecule has 4 heteroatoms. The van der Waals surface area contributed by atoms with Gasteiger partial charge in [0, 0.05) is 22.7 Å². The third-order valence-electron chi connectivity index (χ3n) is 5.80. The quantitative estimate of drug-likeness (QED) is 0.528. The highest BCUT2D eigenvalue weighted by Crippen LogP contribution is 2.45. The molecular weight excluding hydrogens is 380 g/mol. The lowest BCUT2D eigenvalue weighted by Gasteiger charge is -2.30. The van der Waals surface area contributed by atoms with E-state index in [2.05, 4.69) is 22.8 Å². The van der Waals surface area contributed by atoms with Crippen LogP contribution in [0, 0.1) is 0 Å². The molecule has 3 nitrogen and oxygen atoms in total. The molecule has 0 aromatic heterocycles. The summed E-state index contributed by atoms with van der Waals surface area (Å²) in [5.74, 6) is 0.338. The third kappa shape index (κ3) is 3.32. The summed E-state index contributed by atoms with van der Waals surface area (Å²) in [6.45, 7) is 0. The Labute approximate surface area is 175 Å². The van der Waals surface area contributed by atoms with Gasteiger partial charge in [-0.1, -0.05) is 72.3 Å². The van der Waals surface area contributed by atoms with E-state index >= 15 is 0 Å². The Hall–Kier alpha value is -3.04. The predicted octanol–water partition coefficient (Wildman–Crippen LogP) is 6.32. The molecule has 2 atom stereocenters. The number of anilines is 2. The number of ketones is 1. The first kappa shape index (κ1) is 18.0. The van der Waals surface area contributed by atoms with Crippen LogP contribution in [0.25, 0.3) is 0 Å². The normalized spacial score (nSPS) is 20.8. The molecule has 0 amide bonds. The van der Waals surface area contributed by atoms with E-state index in [4.69, 9.17) is 11.6 Å². The van der Waals surface area contributed by atoms with Crippen LogP contribution in [0.15, 0.2) is 90.1 Å². The van der Waals surface area contributed by atoms with Crippen LogP contribution >= 0.6 is 11.6 Å². The van der Waals surface area contributed by atoms with E-state index in [1.54, 1.807) is 0 Å². The highest BCUT2D eigenvalue weighted by atomic mass is 35.5. The molecule has 3 aromatic rings. The Morgan fingerprint density at radius 2 is 1.48 bits per heavy atom. The summed E-state index contributed by atoms with van der Waals surface area (Å²) >= 11 is 6.55. The summed E-state index contributed by atoms with van der Waals surface area (Å²) in [4.78, 5) is 13.4. The number of hydrogen-bond acceptors (Lipinski definition) is 3. The predicted molar refractivity (Wildman–Crippen MR) is 118 cm³/mol. The summed E-state index contributed by atoms with van der Waals surface area (Å²) in [6.07, 6.45) is 1.30. The number of hydrogen-bond donors (Lipinski definition) is 2. The molecule has 0 saturated carbocycles. The zero-order valence-electron chi connectivity index (χ0n) is 15.9. The topological polar surface area (TPSA) is 41.1 Å². The summed E-state index contributed by atoms with van der Waals surface area (Å²) in [5, 5.41) is 7.80. The van der Waals surface area contributed by atoms with Crippen molar-refractivity contribution in [2.24, 2.45) is 0 Å². The first-order valence-corrected chi connectivity index (χ1v) is 10.3. The van der Waals surface area contributed by atoms with E-state index in [0.717, 1.165) is 34.6 Å². The number of halogens is 1. The second kappa shape index (κ2) is 7.41. The van der Waals surface area contributed by atoms with Crippen molar-refractivity contribution in [3.8, 4) is 0 Å². The standard InChI is InChI=1S/C25H21ClN2O/c26-19-11-5-4-10-18(19)25-24-22(27-20-12-6-7-13-21(20)28-25)14-17(15-23(24)29)16-8-2-1-3-9-16/h1-13,17,25,27-28H,14-15H2/t17-,25+/m0/s1. The molecule has 0 bridgehead atoms. The van der Waals surface area contributed by atoms with Crippen molar-refractivity contribution in [2.45, 2.75) is 24.8 Å². The van der Waals surface area contributed by atoms with Gasteiger partial charge in [-0.3, -0.25) is 4.79 Å². The highest BCUT2D eigenvalue weighted by Gasteiger charge is 2.36. The van der Waals surface area contributed by atoms with Crippen LogP contribution in [0.5, 0.6) is 0 Å². The van der Waals surface area contributed by atoms with Crippen LogP contribution in [-0.4, -0.2) is 5.78 Å². The fourth-order valence-corrected chi connectivity index (χ4v) is 4.64. The minimum Gasteiger partial charge on any atom is -0.372 e. The maximum absolute atomic E-state index is 13.4. The van der Waals surface area contributed by atoms with Gasteiger partial charge in [-0.15, -0.1) is 0 Å². The highest BCUT2D eigenvalue weighted by molar-refractivity contribution is 6.31. The van der Waals surface area contributed by atoms with Gasteiger partial charge in [0.05, 0.1) is 17.4 Å². The van der Waals surface area contributed by atoms with Gasteiger partial charge in [-0.05, 0) is 41.7 Å². The Kier molecular flexibility index (Phi) is 4.61. The van der Waals surface area contributed by atoms with E-state index < -0.39 is 0 Å². The van der Waals surface area contributed by atoms with Gasteiger partial charge < -0.3 is 10.6 Å². The maximum atomic E-state index is 13.4. The fraction of sp³-hybridized carbons (Fsp3) is 0.160. The lowest BCUT2D eigenvalue weighted by Crippen LogP contribution is -2.27. The molecular formula is C25H21ClN2O. The van der Waals surface area contributed by atoms with Crippen LogP contribution in [0.3, 0.4) is 0 Å². The molecule has 0 unspecified atom stereocenters. The second-order valence-corrected chi connectivity index (χ2v) is 8.01. The monoisotopic (exact) mass is 400 g/mol. The first-order chi connectivity index (χ1) is 14.2. The number of carbonyl (C=O) groups excluding carboxylic acids is 1. The Morgan fingerprint density at radius 1 is 0.793 bits per heavy atom. The van der Waals surface area contributed by atoms with E-state index in [1.165, 1.54) is 5.56 Å². The number of rotatable bonds is 2. The second-order valence-electron chi connectivity index (χ2n) is 7.60. The van der Waals surface area contributed by atoms with Crippen molar-refractivity contribution >= 4 is 28.8 Å². The average molecular weight is 401 g/mol. The average Bonchev–Trinajstić information content (AvgIpc) is 2.91. The van der Waals surface area contributed by atoms with E-state index in [0.29, 0.717) is 11.4 Å². The SMILES string of the molecule is O=C1C[C@@H](c2ccccc2)CC2=C1[C@@H](c1ccccc1Cl)Nc1ccccc1N2. The summed E-state index contributed by atoms with van der Waals surface area (Å²) in [7, 11) is 0. The summed E-state index contributed by atoms with van der Waals surface area (Å²) in [6, 6.07) is 25.8. The Morgan fingerprint density at radius 3 is 2.28 bits per heavy atom. The molecule has 2 aliphatic rings. The Bertz CT molecular complexity index is 1110. The number of benzene rings is 3. The smallest absolute Gasteiger partial charge is 0.163 e. The molecule has 0 spiro atoms. The van der Waals surface area contributed by atoms with Crippen LogP contribution in [0.1, 0.15) is 35.9 Å². The van der Waals surface area contributed by atoms with Gasteiger partial charge in [-0.25, -0.2) is 0 Å². The van der Waals surface area contributed by atoms with Gasteiger partial charge in [0.15, 0.2) is 5.78 Å². The van der Waals surface area contributed by atoms with Gasteiger partial charge in [-0.2, -0.15) is 0 Å². The number of Topliss-reactive ketones (excluding diaryl/α,β-unsaturated/α-hetero) is 1. The Balaban J connectivity index is 1.64. The third-order valence-corrected chi connectivity index (χ3v) is 6.14. The molecule has 2 N–H and O–H groups in total. The number of nitrogens with one attached hydrogen (secondary N) is 2. The molecule has 1 aliphatic heterocycles. The zero-order valence-corrected chi connectivity index (χ0v) is 16.6. The maximum Gasteiger partial charge on any atom is 0.163 e. The van der Waals surface area contributed by atoms with Gasteiger partial charge in [0.25, 0.3) is 0 Å². The molecule has 5 rings (SSSR count). The van der Waals surface area contributed by atoms with Crippen molar-refractivity contribution in [2.75, 3.05) is 10.6 Å². The van der Waals surface area contributed by atoms with Crippen molar-refractivity contribution < 1.29 is 4.79 Å². The number of fused-ring (bicyclic) bond motifs is 1. The number of allylic oxidation sites excluding steroid dienone is 1. The fourth-order valence-electron chi connectivity index (χ4n) is 4.40. The van der Waals surface area contributed by atoms with Gasteiger partial charge in [0.1, 0.15) is 0 Å². The number of carbonyl (C=O) groups is 1. The first-order valence-electron chi connectivity index (χ1n) is 9.89. The van der Waals surface area contributed by atoms with E-state index in [-0.39, 0.29) is 17.7 Å². The number of para-hydroxylation sites is 2. The molecule has 29 heavy (non-hydrogen) atoms. The van der Waals surface area contributed by atoms with Crippen molar-refractivity contribution in [3.05, 3.63) is 106 Å². The van der Waals surface area contributed by atoms with E-state index in [9.17, 15) is 4.79 Å². The molecule has 1 heterocycles. The molecule has 0 radical (unpaired) electrons. The zero-order chi connectivity index (χ0) is 19.8. The molecule has 144 valence electrons. The minimum atomic E-state index is -0.279. The van der Waals surface area contributed by atoms with Crippen molar-refractivity contribution in [3.63, 3.8) is 0 Å². The summed E-state index contributed by atoms with van der Waals surface area (Å²) in [5.41, 5.74) is 5.85.